The smallest absolute Gasteiger partial charge is 0.314 e. The third kappa shape index (κ3) is 3.87. The second-order valence-corrected chi connectivity index (χ2v) is 6.34. The van der Waals surface area contributed by atoms with E-state index in [0.717, 1.165) is 25.2 Å². The molecule has 20 heavy (non-hydrogen) atoms. The van der Waals surface area contributed by atoms with Gasteiger partial charge in [0.1, 0.15) is 0 Å². The van der Waals surface area contributed by atoms with Gasteiger partial charge in [-0.1, -0.05) is 38.5 Å². The fourth-order valence-corrected chi connectivity index (χ4v) is 3.52. The maximum absolute atomic E-state index is 11.7. The van der Waals surface area contributed by atoms with Crippen LogP contribution >= 0.6 is 0 Å². The molecule has 0 aromatic carbocycles. The summed E-state index contributed by atoms with van der Waals surface area (Å²) in [5, 5.41) is 14.9. The summed E-state index contributed by atoms with van der Waals surface area (Å²) >= 11 is 0. The van der Waals surface area contributed by atoms with Gasteiger partial charge in [-0.2, -0.15) is 0 Å². The predicted molar refractivity (Wildman–Crippen MR) is 76.5 cm³/mol. The molecule has 2 aliphatic rings. The minimum absolute atomic E-state index is 0.226. The van der Waals surface area contributed by atoms with Crippen molar-refractivity contribution >= 4 is 12.0 Å². The lowest BCUT2D eigenvalue weighted by molar-refractivity contribution is -0.148. The Kier molecular flexibility index (Phi) is 5.26. The third-order valence-electron chi connectivity index (χ3n) is 4.91. The summed E-state index contributed by atoms with van der Waals surface area (Å²) in [7, 11) is 0. The highest BCUT2D eigenvalue weighted by Crippen LogP contribution is 2.37. The van der Waals surface area contributed by atoms with Gasteiger partial charge in [0.05, 0.1) is 5.41 Å². The molecule has 5 nitrogen and oxygen atoms in total. The molecule has 5 heteroatoms. The Balaban J connectivity index is 1.65. The van der Waals surface area contributed by atoms with Crippen molar-refractivity contribution < 1.29 is 14.7 Å². The largest absolute Gasteiger partial charge is 0.481 e. The molecular weight excluding hydrogens is 256 g/mol. The average molecular weight is 282 g/mol. The lowest BCUT2D eigenvalue weighted by Crippen LogP contribution is -2.45. The molecule has 0 spiro atoms. The van der Waals surface area contributed by atoms with E-state index in [4.69, 9.17) is 0 Å². The quantitative estimate of drug-likeness (QED) is 0.700. The van der Waals surface area contributed by atoms with Crippen LogP contribution in [0.3, 0.4) is 0 Å². The summed E-state index contributed by atoms with van der Waals surface area (Å²) in [6.07, 6.45) is 9.47. The van der Waals surface area contributed by atoms with Gasteiger partial charge in [0.15, 0.2) is 0 Å². The molecule has 2 rings (SSSR count). The van der Waals surface area contributed by atoms with Crippen molar-refractivity contribution in [1.29, 1.82) is 0 Å². The van der Waals surface area contributed by atoms with Crippen LogP contribution in [-0.2, 0) is 4.79 Å². The number of urea groups is 1. The zero-order valence-corrected chi connectivity index (χ0v) is 12.1. The molecule has 0 aliphatic heterocycles. The Morgan fingerprint density at radius 3 is 2.30 bits per heavy atom. The van der Waals surface area contributed by atoms with Crippen molar-refractivity contribution in [2.45, 2.75) is 57.8 Å². The van der Waals surface area contributed by atoms with Crippen molar-refractivity contribution in [1.82, 2.24) is 10.6 Å². The maximum Gasteiger partial charge on any atom is 0.314 e. The summed E-state index contributed by atoms with van der Waals surface area (Å²) in [5.74, 6) is -0.0169. The fraction of sp³-hybridized carbons (Fsp3) is 0.867. The Bertz CT molecular complexity index is 345. The molecule has 2 fully saturated rings. The molecule has 0 saturated heterocycles. The van der Waals surface area contributed by atoms with E-state index in [9.17, 15) is 14.7 Å². The summed E-state index contributed by atoms with van der Waals surface area (Å²) < 4.78 is 0. The summed E-state index contributed by atoms with van der Waals surface area (Å²) in [6, 6.07) is -0.226. The first-order valence-electron chi connectivity index (χ1n) is 7.87. The Morgan fingerprint density at radius 2 is 1.70 bits per heavy atom. The first-order valence-corrected chi connectivity index (χ1v) is 7.87. The van der Waals surface area contributed by atoms with Gasteiger partial charge in [-0.05, 0) is 25.2 Å². The standard InChI is InChI=1S/C15H26N2O3/c18-13(19)15(8-3-4-9-15)11-17-14(20)16-10-7-12-5-1-2-6-12/h12H,1-11H2,(H,18,19)(H2,16,17,20). The molecule has 0 bridgehead atoms. The van der Waals surface area contributed by atoms with Gasteiger partial charge in [0.25, 0.3) is 0 Å². The van der Waals surface area contributed by atoms with Crippen LogP contribution in [0.4, 0.5) is 4.79 Å². The van der Waals surface area contributed by atoms with Crippen LogP contribution in [-0.4, -0.2) is 30.2 Å². The zero-order valence-electron chi connectivity index (χ0n) is 12.1. The molecule has 114 valence electrons. The monoisotopic (exact) mass is 282 g/mol. The van der Waals surface area contributed by atoms with Crippen LogP contribution in [0.15, 0.2) is 0 Å². The molecule has 0 aromatic rings. The third-order valence-corrected chi connectivity index (χ3v) is 4.91. The molecule has 0 aromatic heterocycles. The van der Waals surface area contributed by atoms with Crippen molar-refractivity contribution in [2.24, 2.45) is 11.3 Å². The Labute approximate surface area is 120 Å². The fourth-order valence-electron chi connectivity index (χ4n) is 3.52. The van der Waals surface area contributed by atoms with Gasteiger partial charge in [0.2, 0.25) is 0 Å². The van der Waals surface area contributed by atoms with Crippen LogP contribution < -0.4 is 10.6 Å². The lowest BCUT2D eigenvalue weighted by atomic mass is 9.86. The zero-order chi connectivity index (χ0) is 14.4. The van der Waals surface area contributed by atoms with E-state index < -0.39 is 11.4 Å². The van der Waals surface area contributed by atoms with Gasteiger partial charge >= 0.3 is 12.0 Å². The SMILES string of the molecule is O=C(NCCC1CCCC1)NCC1(C(=O)O)CCCC1. The molecule has 0 atom stereocenters. The molecule has 2 aliphatic carbocycles. The van der Waals surface area contributed by atoms with Gasteiger partial charge in [-0.3, -0.25) is 4.79 Å². The Morgan fingerprint density at radius 1 is 1.05 bits per heavy atom. The number of hydrogen-bond acceptors (Lipinski definition) is 2. The van der Waals surface area contributed by atoms with Crippen LogP contribution in [0.25, 0.3) is 0 Å². The van der Waals surface area contributed by atoms with E-state index in [1.807, 2.05) is 0 Å². The lowest BCUT2D eigenvalue weighted by Gasteiger charge is -2.24. The molecule has 2 saturated carbocycles. The normalized spacial score (nSPS) is 21.8. The highest BCUT2D eigenvalue weighted by atomic mass is 16.4. The molecule has 0 radical (unpaired) electrons. The number of hydrogen-bond donors (Lipinski definition) is 3. The molecule has 2 amide bonds. The molecular formula is C15H26N2O3. The topological polar surface area (TPSA) is 78.4 Å². The number of carboxylic acid groups (broad SMARTS) is 1. The van der Waals surface area contributed by atoms with Crippen LogP contribution in [0.2, 0.25) is 0 Å². The molecule has 3 N–H and O–H groups in total. The highest BCUT2D eigenvalue weighted by molar-refractivity contribution is 5.78. The van der Waals surface area contributed by atoms with E-state index in [1.165, 1.54) is 25.7 Å². The number of amides is 2. The molecule has 0 heterocycles. The van der Waals surface area contributed by atoms with Crippen molar-refractivity contribution in [3.05, 3.63) is 0 Å². The van der Waals surface area contributed by atoms with E-state index in [1.54, 1.807) is 0 Å². The van der Waals surface area contributed by atoms with E-state index in [0.29, 0.717) is 19.4 Å². The van der Waals surface area contributed by atoms with Gasteiger partial charge in [-0.25, -0.2) is 4.79 Å². The average Bonchev–Trinajstić information content (AvgIpc) is 3.08. The first-order chi connectivity index (χ1) is 9.62. The van der Waals surface area contributed by atoms with Crippen LogP contribution in [0.5, 0.6) is 0 Å². The minimum atomic E-state index is -0.777. The summed E-state index contributed by atoms with van der Waals surface area (Å²) in [6.45, 7) is 0.939. The van der Waals surface area contributed by atoms with E-state index in [2.05, 4.69) is 10.6 Å². The highest BCUT2D eigenvalue weighted by Gasteiger charge is 2.41. The van der Waals surface area contributed by atoms with Crippen molar-refractivity contribution in [3.8, 4) is 0 Å². The number of carbonyl (C=O) groups excluding carboxylic acids is 1. The predicted octanol–water partition coefficient (Wildman–Crippen LogP) is 2.51. The van der Waals surface area contributed by atoms with Gasteiger partial charge < -0.3 is 15.7 Å². The van der Waals surface area contributed by atoms with Gasteiger partial charge in [0, 0.05) is 13.1 Å². The minimum Gasteiger partial charge on any atom is -0.481 e. The number of aliphatic carboxylic acids is 1. The van der Waals surface area contributed by atoms with E-state index in [-0.39, 0.29) is 12.6 Å². The summed E-state index contributed by atoms with van der Waals surface area (Å²) in [4.78, 5) is 23.1. The van der Waals surface area contributed by atoms with Crippen LogP contribution in [0.1, 0.15) is 57.8 Å². The summed E-state index contributed by atoms with van der Waals surface area (Å²) in [5.41, 5.74) is -0.733. The second kappa shape index (κ2) is 6.95. The Hall–Kier alpha value is -1.26. The first kappa shape index (κ1) is 15.1. The number of nitrogens with one attached hydrogen (secondary N) is 2. The van der Waals surface area contributed by atoms with Crippen molar-refractivity contribution in [2.75, 3.05) is 13.1 Å². The number of carboxylic acids is 1. The molecule has 0 unspecified atom stereocenters. The van der Waals surface area contributed by atoms with Gasteiger partial charge in [-0.15, -0.1) is 0 Å². The number of carbonyl (C=O) groups is 2. The maximum atomic E-state index is 11.7. The second-order valence-electron chi connectivity index (χ2n) is 6.34. The van der Waals surface area contributed by atoms with Crippen LogP contribution in [0, 0.1) is 11.3 Å². The van der Waals surface area contributed by atoms with Crippen molar-refractivity contribution in [3.63, 3.8) is 0 Å². The van der Waals surface area contributed by atoms with E-state index >= 15 is 0 Å². The number of rotatable bonds is 6.